The number of rotatable bonds is 4. The molecule has 0 amide bonds. The standard InChI is InChI=1S/C33H30ClNO5/c1-32(2,3)31(38)28-27(19-10-14-24(39-4)25(17-19)40-5)33(29(36)21-8-6-7-9-22(21)30(33)37)26-15-11-18-16-20(34)12-13-23(18)35(26)28/h6-17,26-28H,1-5H3/t26?,27-,28+/m0/s1. The van der Waals surface area contributed by atoms with Crippen LogP contribution in [0.1, 0.15) is 58.5 Å². The van der Waals surface area contributed by atoms with E-state index in [-0.39, 0.29) is 17.3 Å². The summed E-state index contributed by atoms with van der Waals surface area (Å²) >= 11 is 6.35. The fraction of sp³-hybridized carbons (Fsp3) is 0.303. The molecule has 2 heterocycles. The van der Waals surface area contributed by atoms with Gasteiger partial charge in [0.05, 0.1) is 26.3 Å². The molecule has 204 valence electrons. The number of anilines is 1. The van der Waals surface area contributed by atoms with E-state index in [1.165, 1.54) is 7.11 Å². The lowest BCUT2D eigenvalue weighted by Gasteiger charge is -2.38. The lowest BCUT2D eigenvalue weighted by Crippen LogP contribution is -2.49. The number of ketones is 3. The number of halogens is 1. The van der Waals surface area contributed by atoms with Gasteiger partial charge in [-0.25, -0.2) is 0 Å². The Bertz CT molecular complexity index is 1580. The number of carbonyl (C=O) groups excluding carboxylic acids is 3. The lowest BCUT2D eigenvalue weighted by molar-refractivity contribution is -0.127. The molecule has 1 saturated heterocycles. The van der Waals surface area contributed by atoms with Gasteiger partial charge in [-0.05, 0) is 41.5 Å². The average Bonchev–Trinajstić information content (AvgIpc) is 3.37. The molecule has 7 heteroatoms. The molecule has 40 heavy (non-hydrogen) atoms. The van der Waals surface area contributed by atoms with Gasteiger partial charge in [-0.2, -0.15) is 0 Å². The average molecular weight is 556 g/mol. The number of Topliss-reactive ketones (excluding diaryl/α,β-unsaturated/α-hetero) is 3. The Morgan fingerprint density at radius 1 is 0.900 bits per heavy atom. The first kappa shape index (κ1) is 26.3. The van der Waals surface area contributed by atoms with E-state index in [2.05, 4.69) is 0 Å². The molecule has 6 rings (SSSR count). The molecule has 3 aromatic carbocycles. The Morgan fingerprint density at radius 2 is 1.55 bits per heavy atom. The molecular weight excluding hydrogens is 526 g/mol. The van der Waals surface area contributed by atoms with Crippen molar-refractivity contribution in [1.82, 2.24) is 0 Å². The Kier molecular flexibility index (Phi) is 5.97. The monoisotopic (exact) mass is 555 g/mol. The zero-order valence-electron chi connectivity index (χ0n) is 23.0. The second-order valence-corrected chi connectivity index (χ2v) is 12.1. The Balaban J connectivity index is 1.70. The quantitative estimate of drug-likeness (QED) is 0.347. The summed E-state index contributed by atoms with van der Waals surface area (Å²) in [6.07, 6.45) is 3.80. The third kappa shape index (κ3) is 3.45. The van der Waals surface area contributed by atoms with Gasteiger partial charge in [0.15, 0.2) is 28.8 Å². The van der Waals surface area contributed by atoms with Crippen LogP contribution in [-0.4, -0.2) is 43.7 Å². The van der Waals surface area contributed by atoms with E-state index < -0.39 is 28.8 Å². The summed E-state index contributed by atoms with van der Waals surface area (Å²) in [5, 5.41) is 0.561. The first-order valence-electron chi connectivity index (χ1n) is 13.3. The molecule has 6 nitrogen and oxygen atoms in total. The minimum Gasteiger partial charge on any atom is -0.493 e. The Hall–Kier alpha value is -3.90. The van der Waals surface area contributed by atoms with E-state index in [1.807, 2.05) is 56.0 Å². The minimum absolute atomic E-state index is 0.0677. The van der Waals surface area contributed by atoms with E-state index in [0.717, 1.165) is 11.3 Å². The Morgan fingerprint density at radius 3 is 2.15 bits per heavy atom. The van der Waals surface area contributed by atoms with E-state index in [4.69, 9.17) is 21.1 Å². The summed E-state index contributed by atoms with van der Waals surface area (Å²) in [7, 11) is 3.09. The van der Waals surface area contributed by atoms with Crippen molar-refractivity contribution in [2.45, 2.75) is 38.8 Å². The van der Waals surface area contributed by atoms with Crippen LogP contribution >= 0.6 is 11.6 Å². The third-order valence-electron chi connectivity index (χ3n) is 8.54. The van der Waals surface area contributed by atoms with Gasteiger partial charge >= 0.3 is 0 Å². The van der Waals surface area contributed by atoms with Crippen molar-refractivity contribution < 1.29 is 23.9 Å². The highest BCUT2D eigenvalue weighted by molar-refractivity contribution is 6.32. The number of carbonyl (C=O) groups is 3. The largest absolute Gasteiger partial charge is 0.493 e. The number of benzene rings is 3. The van der Waals surface area contributed by atoms with Gasteiger partial charge in [0.25, 0.3) is 0 Å². The molecule has 3 atom stereocenters. The molecule has 1 spiro atoms. The normalized spacial score (nSPS) is 22.2. The molecule has 1 aliphatic carbocycles. The minimum atomic E-state index is -1.57. The maximum atomic E-state index is 14.7. The van der Waals surface area contributed by atoms with Crippen LogP contribution in [0.2, 0.25) is 5.02 Å². The van der Waals surface area contributed by atoms with Crippen molar-refractivity contribution in [3.8, 4) is 11.5 Å². The topological polar surface area (TPSA) is 72.9 Å². The number of hydrogen-bond acceptors (Lipinski definition) is 6. The van der Waals surface area contributed by atoms with Crippen LogP contribution in [0.5, 0.6) is 11.5 Å². The second-order valence-electron chi connectivity index (χ2n) is 11.6. The predicted molar refractivity (Wildman–Crippen MR) is 155 cm³/mol. The molecule has 1 unspecified atom stereocenters. The number of ether oxygens (including phenoxy) is 2. The van der Waals surface area contributed by atoms with Crippen LogP contribution in [0.15, 0.2) is 66.7 Å². The third-order valence-corrected chi connectivity index (χ3v) is 8.78. The fourth-order valence-corrected chi connectivity index (χ4v) is 6.99. The van der Waals surface area contributed by atoms with Gasteiger partial charge in [0.2, 0.25) is 0 Å². The first-order chi connectivity index (χ1) is 19.0. The van der Waals surface area contributed by atoms with Gasteiger partial charge < -0.3 is 14.4 Å². The summed E-state index contributed by atoms with van der Waals surface area (Å²) < 4.78 is 11.1. The van der Waals surface area contributed by atoms with Gasteiger partial charge in [-0.3, -0.25) is 14.4 Å². The molecular formula is C33H30ClNO5. The van der Waals surface area contributed by atoms with Crippen LogP contribution in [0.3, 0.4) is 0 Å². The van der Waals surface area contributed by atoms with Crippen LogP contribution in [0.4, 0.5) is 5.69 Å². The summed E-state index contributed by atoms with van der Waals surface area (Å²) in [6.45, 7) is 5.61. The number of fused-ring (bicyclic) bond motifs is 5. The molecule has 0 aromatic heterocycles. The molecule has 3 aliphatic rings. The van der Waals surface area contributed by atoms with Crippen LogP contribution in [-0.2, 0) is 4.79 Å². The summed E-state index contributed by atoms with van der Waals surface area (Å²) in [5.74, 6) is -0.435. The highest BCUT2D eigenvalue weighted by Crippen LogP contribution is 2.61. The summed E-state index contributed by atoms with van der Waals surface area (Å²) in [6, 6.07) is 16.3. The predicted octanol–water partition coefficient (Wildman–Crippen LogP) is 6.41. The van der Waals surface area contributed by atoms with Crippen molar-refractivity contribution in [2.75, 3.05) is 19.1 Å². The van der Waals surface area contributed by atoms with Crippen molar-refractivity contribution in [3.63, 3.8) is 0 Å². The van der Waals surface area contributed by atoms with Gasteiger partial charge in [0.1, 0.15) is 5.41 Å². The highest BCUT2D eigenvalue weighted by Gasteiger charge is 2.72. The smallest absolute Gasteiger partial charge is 0.180 e. The number of methoxy groups -OCH3 is 2. The van der Waals surface area contributed by atoms with Crippen molar-refractivity contribution in [3.05, 3.63) is 94.0 Å². The van der Waals surface area contributed by atoms with Gasteiger partial charge in [-0.1, -0.05) is 74.9 Å². The van der Waals surface area contributed by atoms with E-state index in [0.29, 0.717) is 33.2 Å². The fourth-order valence-electron chi connectivity index (χ4n) is 6.81. The van der Waals surface area contributed by atoms with E-state index in [9.17, 15) is 14.4 Å². The van der Waals surface area contributed by atoms with Gasteiger partial charge in [-0.15, -0.1) is 0 Å². The number of nitrogens with zero attached hydrogens (tertiary/aromatic N) is 1. The molecule has 2 aliphatic heterocycles. The molecule has 0 radical (unpaired) electrons. The SMILES string of the molecule is COc1ccc([C@H]2[C@H](C(=O)C(C)(C)C)N3c4ccc(Cl)cc4C=CC3C23C(=O)c2ccccc2C3=O)cc1OC. The highest BCUT2D eigenvalue weighted by atomic mass is 35.5. The zero-order valence-corrected chi connectivity index (χ0v) is 23.8. The summed E-state index contributed by atoms with van der Waals surface area (Å²) in [5.41, 5.74) is 0.693. The summed E-state index contributed by atoms with van der Waals surface area (Å²) in [4.78, 5) is 45.8. The van der Waals surface area contributed by atoms with Crippen LogP contribution < -0.4 is 14.4 Å². The number of hydrogen-bond donors (Lipinski definition) is 0. The maximum absolute atomic E-state index is 14.7. The van der Waals surface area contributed by atoms with Crippen LogP contribution in [0, 0.1) is 10.8 Å². The van der Waals surface area contributed by atoms with E-state index >= 15 is 0 Å². The molecule has 0 saturated carbocycles. The van der Waals surface area contributed by atoms with Crippen LogP contribution in [0.25, 0.3) is 6.08 Å². The van der Waals surface area contributed by atoms with Crippen molar-refractivity contribution >= 4 is 40.7 Å². The lowest BCUT2D eigenvalue weighted by atomic mass is 9.63. The zero-order chi connectivity index (χ0) is 28.6. The molecule has 0 N–H and O–H groups in total. The molecule has 1 fully saturated rings. The molecule has 0 bridgehead atoms. The van der Waals surface area contributed by atoms with Gasteiger partial charge in [0, 0.05) is 33.2 Å². The maximum Gasteiger partial charge on any atom is 0.180 e. The first-order valence-corrected chi connectivity index (χ1v) is 13.6. The molecule has 3 aromatic rings. The second kappa shape index (κ2) is 9.07. The van der Waals surface area contributed by atoms with E-state index in [1.54, 1.807) is 49.6 Å². The van der Waals surface area contributed by atoms with Crippen molar-refractivity contribution in [1.29, 1.82) is 0 Å². The van der Waals surface area contributed by atoms with Crippen molar-refractivity contribution in [2.24, 2.45) is 10.8 Å². The Labute approximate surface area is 238 Å².